The minimum Gasteiger partial charge on any atom is -0.342 e. The maximum atomic E-state index is 13.3. The Morgan fingerprint density at radius 3 is 2.52 bits per heavy atom. The predicted molar refractivity (Wildman–Crippen MR) is 127 cm³/mol. The smallest absolute Gasteiger partial charge is 0.227 e. The Morgan fingerprint density at radius 1 is 1.12 bits per heavy atom. The number of pyridine rings is 1. The van der Waals surface area contributed by atoms with Crippen molar-refractivity contribution in [2.24, 2.45) is 0 Å². The molecule has 7 heteroatoms. The van der Waals surface area contributed by atoms with Crippen LogP contribution in [0.15, 0.2) is 48.7 Å². The molecule has 0 spiro atoms. The summed E-state index contributed by atoms with van der Waals surface area (Å²) in [6.07, 6.45) is 5.09. The number of amides is 1. The number of hydrogen-bond acceptors (Lipinski definition) is 4. The average molecular weight is 450 g/mol. The van der Waals surface area contributed by atoms with E-state index in [2.05, 4.69) is 21.0 Å². The van der Waals surface area contributed by atoms with Crippen LogP contribution in [0, 0.1) is 19.7 Å². The fourth-order valence-electron chi connectivity index (χ4n) is 4.59. The van der Waals surface area contributed by atoms with E-state index in [-0.39, 0.29) is 17.8 Å². The van der Waals surface area contributed by atoms with Crippen LogP contribution in [0.2, 0.25) is 0 Å². The van der Waals surface area contributed by atoms with E-state index in [9.17, 15) is 9.18 Å². The van der Waals surface area contributed by atoms with Gasteiger partial charge in [-0.15, -0.1) is 0 Å². The number of rotatable bonds is 7. The summed E-state index contributed by atoms with van der Waals surface area (Å²) in [7, 11) is 1.92. The molecule has 1 saturated heterocycles. The Balaban J connectivity index is 1.32. The standard InChI is InChI=1S/C26H32FN5O/c1-19-25(20(2)32(29-19)24-9-7-21(27)8-10-24)18-26(33)30(3)23-12-16-31(17-13-23)15-11-22-6-4-5-14-28-22/h4-10,14,23H,11-13,15-18H2,1-3H3. The van der Waals surface area contributed by atoms with Crippen molar-refractivity contribution in [1.29, 1.82) is 0 Å². The number of nitrogens with zero attached hydrogens (tertiary/aromatic N) is 5. The SMILES string of the molecule is Cc1nn(-c2ccc(F)cc2)c(C)c1CC(=O)N(C)C1CCN(CCc2ccccn2)CC1. The number of likely N-dealkylation sites (N-methyl/N-ethyl adjacent to an activating group) is 1. The van der Waals surface area contributed by atoms with Crippen molar-refractivity contribution in [1.82, 2.24) is 24.6 Å². The topological polar surface area (TPSA) is 54.3 Å². The number of likely N-dealkylation sites (tertiary alicyclic amines) is 1. The van der Waals surface area contributed by atoms with Gasteiger partial charge in [0.15, 0.2) is 0 Å². The molecule has 2 aromatic heterocycles. The quantitative estimate of drug-likeness (QED) is 0.552. The zero-order valence-electron chi connectivity index (χ0n) is 19.7. The van der Waals surface area contributed by atoms with Crippen LogP contribution >= 0.6 is 0 Å². The Bertz CT molecular complexity index is 1070. The van der Waals surface area contributed by atoms with Gasteiger partial charge in [0.05, 0.1) is 17.8 Å². The number of aryl methyl sites for hydroxylation is 1. The molecule has 0 unspecified atom stereocenters. The lowest BCUT2D eigenvalue weighted by atomic mass is 10.0. The van der Waals surface area contributed by atoms with Gasteiger partial charge in [-0.2, -0.15) is 5.10 Å². The van der Waals surface area contributed by atoms with E-state index in [0.717, 1.165) is 67.2 Å². The number of benzene rings is 1. The molecule has 1 amide bonds. The summed E-state index contributed by atoms with van der Waals surface area (Å²) >= 11 is 0. The predicted octanol–water partition coefficient (Wildman–Crippen LogP) is 3.73. The van der Waals surface area contributed by atoms with Gasteiger partial charge in [-0.1, -0.05) is 6.07 Å². The Labute approximate surface area is 195 Å². The summed E-state index contributed by atoms with van der Waals surface area (Å²) in [6, 6.07) is 12.6. The molecule has 0 atom stereocenters. The highest BCUT2D eigenvalue weighted by molar-refractivity contribution is 5.79. The molecule has 1 aromatic carbocycles. The van der Waals surface area contributed by atoms with Gasteiger partial charge in [-0.05, 0) is 63.1 Å². The van der Waals surface area contributed by atoms with Crippen LogP contribution in [0.4, 0.5) is 4.39 Å². The van der Waals surface area contributed by atoms with Crippen molar-refractivity contribution in [3.8, 4) is 5.69 Å². The zero-order chi connectivity index (χ0) is 23.4. The molecule has 0 bridgehead atoms. The number of carbonyl (C=O) groups is 1. The second kappa shape index (κ2) is 10.3. The van der Waals surface area contributed by atoms with E-state index >= 15 is 0 Å². The first-order chi connectivity index (χ1) is 15.9. The first kappa shape index (κ1) is 23.1. The van der Waals surface area contributed by atoms with Crippen LogP contribution < -0.4 is 0 Å². The van der Waals surface area contributed by atoms with Crippen molar-refractivity contribution in [3.63, 3.8) is 0 Å². The van der Waals surface area contributed by atoms with Crippen molar-refractivity contribution < 1.29 is 9.18 Å². The lowest BCUT2D eigenvalue weighted by Gasteiger charge is -2.36. The highest BCUT2D eigenvalue weighted by atomic mass is 19.1. The van der Waals surface area contributed by atoms with E-state index in [1.807, 2.05) is 44.1 Å². The van der Waals surface area contributed by atoms with Crippen molar-refractivity contribution in [2.75, 3.05) is 26.7 Å². The Morgan fingerprint density at radius 2 is 1.85 bits per heavy atom. The van der Waals surface area contributed by atoms with E-state index < -0.39 is 0 Å². The maximum Gasteiger partial charge on any atom is 0.227 e. The average Bonchev–Trinajstić information content (AvgIpc) is 3.12. The van der Waals surface area contributed by atoms with Gasteiger partial charge < -0.3 is 9.80 Å². The fourth-order valence-corrected chi connectivity index (χ4v) is 4.59. The van der Waals surface area contributed by atoms with Crippen LogP contribution in [0.5, 0.6) is 0 Å². The van der Waals surface area contributed by atoms with Gasteiger partial charge >= 0.3 is 0 Å². The van der Waals surface area contributed by atoms with E-state index in [1.165, 1.54) is 12.1 Å². The molecular formula is C26H32FN5O. The van der Waals surface area contributed by atoms with Gasteiger partial charge in [-0.25, -0.2) is 9.07 Å². The Hall–Kier alpha value is -3.06. The number of piperidine rings is 1. The fraction of sp³-hybridized carbons (Fsp3) is 0.423. The van der Waals surface area contributed by atoms with Gasteiger partial charge in [0.1, 0.15) is 5.82 Å². The highest BCUT2D eigenvalue weighted by Gasteiger charge is 2.26. The molecule has 0 saturated carbocycles. The number of aromatic nitrogens is 3. The van der Waals surface area contributed by atoms with Gasteiger partial charge in [0.2, 0.25) is 5.91 Å². The van der Waals surface area contributed by atoms with Crippen LogP contribution in [-0.4, -0.2) is 63.2 Å². The molecular weight excluding hydrogens is 417 g/mol. The number of hydrogen-bond donors (Lipinski definition) is 0. The molecule has 174 valence electrons. The Kier molecular flexibility index (Phi) is 7.18. The van der Waals surface area contributed by atoms with E-state index in [0.29, 0.717) is 6.42 Å². The summed E-state index contributed by atoms with van der Waals surface area (Å²) in [5, 5.41) is 4.60. The summed E-state index contributed by atoms with van der Waals surface area (Å²) < 4.78 is 15.1. The monoisotopic (exact) mass is 449 g/mol. The highest BCUT2D eigenvalue weighted by Crippen LogP contribution is 2.21. The second-order valence-corrected chi connectivity index (χ2v) is 8.86. The number of halogens is 1. The van der Waals surface area contributed by atoms with Crippen LogP contribution in [0.25, 0.3) is 5.69 Å². The third kappa shape index (κ3) is 5.47. The van der Waals surface area contributed by atoms with Gasteiger partial charge in [-0.3, -0.25) is 9.78 Å². The lowest BCUT2D eigenvalue weighted by Crippen LogP contribution is -2.46. The summed E-state index contributed by atoms with van der Waals surface area (Å²) in [4.78, 5) is 21.9. The van der Waals surface area contributed by atoms with Gasteiger partial charge in [0.25, 0.3) is 0 Å². The lowest BCUT2D eigenvalue weighted by molar-refractivity contribution is -0.132. The molecule has 6 nitrogen and oxygen atoms in total. The molecule has 0 aliphatic carbocycles. The number of carbonyl (C=O) groups excluding carboxylic acids is 1. The first-order valence-electron chi connectivity index (χ1n) is 11.6. The van der Waals surface area contributed by atoms with Crippen molar-refractivity contribution in [2.45, 2.75) is 45.6 Å². The molecule has 3 aromatic rings. The zero-order valence-corrected chi connectivity index (χ0v) is 19.7. The largest absolute Gasteiger partial charge is 0.342 e. The first-order valence-corrected chi connectivity index (χ1v) is 11.6. The third-order valence-corrected chi connectivity index (χ3v) is 6.75. The van der Waals surface area contributed by atoms with Crippen LogP contribution in [0.3, 0.4) is 0 Å². The van der Waals surface area contributed by atoms with Crippen molar-refractivity contribution >= 4 is 5.91 Å². The molecule has 0 radical (unpaired) electrons. The molecule has 3 heterocycles. The van der Waals surface area contributed by atoms with Crippen molar-refractivity contribution in [3.05, 3.63) is 77.1 Å². The second-order valence-electron chi connectivity index (χ2n) is 8.86. The molecule has 1 fully saturated rings. The van der Waals surface area contributed by atoms with E-state index in [1.54, 1.807) is 16.8 Å². The molecule has 33 heavy (non-hydrogen) atoms. The maximum absolute atomic E-state index is 13.3. The van der Waals surface area contributed by atoms with E-state index in [4.69, 9.17) is 0 Å². The molecule has 1 aliphatic heterocycles. The summed E-state index contributed by atoms with van der Waals surface area (Å²) in [5.74, 6) is -0.160. The van der Waals surface area contributed by atoms with Crippen LogP contribution in [0.1, 0.15) is 35.5 Å². The molecule has 1 aliphatic rings. The summed E-state index contributed by atoms with van der Waals surface area (Å²) in [5.41, 5.74) is 4.62. The normalized spacial score (nSPS) is 15.0. The minimum absolute atomic E-state index is 0.117. The molecule has 0 N–H and O–H groups in total. The summed E-state index contributed by atoms with van der Waals surface area (Å²) in [6.45, 7) is 6.88. The van der Waals surface area contributed by atoms with Gasteiger partial charge in [0, 0.05) is 62.3 Å². The molecule has 4 rings (SSSR count). The third-order valence-electron chi connectivity index (χ3n) is 6.75. The minimum atomic E-state index is -0.278. The van der Waals surface area contributed by atoms with Crippen LogP contribution in [-0.2, 0) is 17.6 Å².